The lowest BCUT2D eigenvalue weighted by Crippen LogP contribution is -2.46. The Labute approximate surface area is 115 Å². The van der Waals surface area contributed by atoms with Crippen LogP contribution in [-0.2, 0) is 11.3 Å². The molecule has 1 unspecified atom stereocenters. The van der Waals surface area contributed by atoms with E-state index in [-0.39, 0.29) is 12.4 Å². The first-order valence-corrected chi connectivity index (χ1v) is 5.89. The molecule has 20 heavy (non-hydrogen) atoms. The molecule has 6 heteroatoms. The van der Waals surface area contributed by atoms with E-state index in [2.05, 4.69) is 0 Å². The molecule has 2 rings (SSSR count). The normalized spacial score (nSPS) is 13.4. The first-order valence-electron chi connectivity index (χ1n) is 5.89. The van der Waals surface area contributed by atoms with E-state index in [1.165, 1.54) is 12.1 Å². The van der Waals surface area contributed by atoms with Crippen LogP contribution >= 0.6 is 0 Å². The van der Waals surface area contributed by atoms with Crippen LogP contribution in [0.5, 0.6) is 5.75 Å². The van der Waals surface area contributed by atoms with Crippen molar-refractivity contribution in [3.05, 3.63) is 76.3 Å². The van der Waals surface area contributed by atoms with E-state index >= 15 is 0 Å². The fraction of sp³-hybridized carbons (Fsp3) is 0.143. The molecule has 0 saturated heterocycles. The summed E-state index contributed by atoms with van der Waals surface area (Å²) in [6, 6.07) is 16.8. The van der Waals surface area contributed by atoms with Crippen LogP contribution in [0.1, 0.15) is 5.56 Å². The summed E-state index contributed by atoms with van der Waals surface area (Å²) in [5, 5.41) is 20.8. The van der Waals surface area contributed by atoms with Gasteiger partial charge in [0.05, 0.1) is 6.61 Å². The molecule has 0 aliphatic carbocycles. The Hall–Kier alpha value is -2.44. The number of benzene rings is 2. The van der Waals surface area contributed by atoms with Crippen LogP contribution in [0.2, 0.25) is 0 Å². The van der Waals surface area contributed by atoms with Gasteiger partial charge in [0.1, 0.15) is 10.7 Å². The quantitative estimate of drug-likeness (QED) is 0.496. The van der Waals surface area contributed by atoms with Gasteiger partial charge in [-0.25, -0.2) is 4.74 Å². The maximum Gasteiger partial charge on any atom is 0.619 e. The topological polar surface area (TPSA) is 81.8 Å². The lowest BCUT2D eigenvalue weighted by atomic mass is 10.2. The molecule has 0 radical (unpaired) electrons. The van der Waals surface area contributed by atoms with Gasteiger partial charge >= 0.3 is 6.10 Å². The van der Waals surface area contributed by atoms with Crippen molar-refractivity contribution in [2.45, 2.75) is 12.7 Å². The first kappa shape index (κ1) is 14.0. The lowest BCUT2D eigenvalue weighted by molar-refractivity contribution is -0.740. The highest BCUT2D eigenvalue weighted by molar-refractivity contribution is 5.21. The number of hydrogen-bond acceptors (Lipinski definition) is 5. The molecule has 0 bridgehead atoms. The summed E-state index contributed by atoms with van der Waals surface area (Å²) in [5.74, 6) is 0.139. The van der Waals surface area contributed by atoms with Gasteiger partial charge in [-0.2, -0.15) is 0 Å². The highest BCUT2D eigenvalue weighted by atomic mass is 16.9. The van der Waals surface area contributed by atoms with E-state index in [1.54, 1.807) is 42.5 Å². The smallest absolute Gasteiger partial charge is 0.381 e. The van der Waals surface area contributed by atoms with E-state index in [0.29, 0.717) is 5.56 Å². The fourth-order valence-electron chi connectivity index (χ4n) is 1.51. The molecule has 104 valence electrons. The number of hydrogen-bond donors (Lipinski definition) is 1. The van der Waals surface area contributed by atoms with Crippen LogP contribution in [0.15, 0.2) is 60.7 Å². The third kappa shape index (κ3) is 3.53. The standard InChI is InChI=1S/C14H13NO5/c16-14(15(17)18,20-13-9-5-2-6-10-13)19-11-12-7-3-1-4-8-12/h1-10,16H,11H2. The van der Waals surface area contributed by atoms with Crippen molar-refractivity contribution in [3.8, 4) is 5.75 Å². The number of nitrogens with zero attached hydrogens (tertiary/aromatic N) is 1. The molecule has 0 saturated carbocycles. The molecule has 0 fully saturated rings. The largest absolute Gasteiger partial charge is 0.619 e. The number of para-hydroxylation sites is 1. The van der Waals surface area contributed by atoms with Gasteiger partial charge in [0, 0.05) is 0 Å². The van der Waals surface area contributed by atoms with Crippen LogP contribution < -0.4 is 4.74 Å². The van der Waals surface area contributed by atoms with E-state index in [9.17, 15) is 15.2 Å². The second kappa shape index (κ2) is 6.14. The SMILES string of the molecule is O=[N+]([O-])C(O)(OCc1ccccc1)Oc1ccccc1. The van der Waals surface area contributed by atoms with Crippen molar-refractivity contribution in [2.24, 2.45) is 0 Å². The number of rotatable bonds is 6. The van der Waals surface area contributed by atoms with Crippen molar-refractivity contribution >= 4 is 0 Å². The molecule has 0 aromatic heterocycles. The molecular formula is C14H13NO5. The Morgan fingerprint density at radius 3 is 2.15 bits per heavy atom. The Morgan fingerprint density at radius 1 is 1.05 bits per heavy atom. The molecule has 1 atom stereocenters. The Balaban J connectivity index is 2.08. The molecule has 2 aromatic carbocycles. The molecule has 2 aromatic rings. The summed E-state index contributed by atoms with van der Waals surface area (Å²) in [7, 11) is 0. The molecule has 6 nitrogen and oxygen atoms in total. The van der Waals surface area contributed by atoms with Gasteiger partial charge in [-0.15, -0.1) is 0 Å². The second-order valence-corrected chi connectivity index (χ2v) is 3.99. The monoisotopic (exact) mass is 275 g/mol. The Kier molecular flexibility index (Phi) is 4.29. The minimum absolute atomic E-state index is 0.139. The van der Waals surface area contributed by atoms with Crippen LogP contribution in [0, 0.1) is 10.1 Å². The molecule has 0 aliphatic rings. The maximum absolute atomic E-state index is 11.0. The Morgan fingerprint density at radius 2 is 1.60 bits per heavy atom. The number of nitro groups is 1. The van der Waals surface area contributed by atoms with Crippen molar-refractivity contribution < 1.29 is 19.5 Å². The molecule has 0 heterocycles. The summed E-state index contributed by atoms with van der Waals surface area (Å²) < 4.78 is 9.83. The van der Waals surface area contributed by atoms with Gasteiger partial charge in [-0.1, -0.05) is 48.5 Å². The summed E-state index contributed by atoms with van der Waals surface area (Å²) in [6.45, 7) is -0.148. The highest BCUT2D eigenvalue weighted by Crippen LogP contribution is 2.19. The van der Waals surface area contributed by atoms with Crippen LogP contribution in [0.4, 0.5) is 0 Å². The second-order valence-electron chi connectivity index (χ2n) is 3.99. The predicted molar refractivity (Wildman–Crippen MR) is 70.2 cm³/mol. The molecule has 1 N–H and O–H groups in total. The van der Waals surface area contributed by atoms with E-state index in [1.807, 2.05) is 6.07 Å². The van der Waals surface area contributed by atoms with Crippen molar-refractivity contribution in [3.63, 3.8) is 0 Å². The first-order chi connectivity index (χ1) is 9.60. The minimum Gasteiger partial charge on any atom is -0.381 e. The molecule has 0 amide bonds. The van der Waals surface area contributed by atoms with Gasteiger partial charge < -0.3 is 4.74 Å². The molecule has 0 aliphatic heterocycles. The van der Waals surface area contributed by atoms with Crippen molar-refractivity contribution in [1.82, 2.24) is 0 Å². The zero-order valence-electron chi connectivity index (χ0n) is 10.5. The fourth-order valence-corrected chi connectivity index (χ4v) is 1.51. The molecule has 0 spiro atoms. The third-order valence-electron chi connectivity index (χ3n) is 2.49. The average Bonchev–Trinajstić information content (AvgIpc) is 2.47. The van der Waals surface area contributed by atoms with Crippen LogP contribution in [0.25, 0.3) is 0 Å². The van der Waals surface area contributed by atoms with E-state index in [4.69, 9.17) is 9.47 Å². The Bertz CT molecular complexity index is 560. The zero-order chi connectivity index (χ0) is 14.4. The predicted octanol–water partition coefficient (Wildman–Crippen LogP) is 2.16. The summed E-state index contributed by atoms with van der Waals surface area (Å²) >= 11 is 0. The minimum atomic E-state index is -2.92. The zero-order valence-corrected chi connectivity index (χ0v) is 10.5. The lowest BCUT2D eigenvalue weighted by Gasteiger charge is -2.19. The van der Waals surface area contributed by atoms with E-state index in [0.717, 1.165) is 0 Å². The maximum atomic E-state index is 11.0. The van der Waals surface area contributed by atoms with Gasteiger partial charge in [0.2, 0.25) is 0 Å². The average molecular weight is 275 g/mol. The molecular weight excluding hydrogens is 262 g/mol. The van der Waals surface area contributed by atoms with Gasteiger partial charge in [0.15, 0.2) is 0 Å². The van der Waals surface area contributed by atoms with Gasteiger partial charge in [0.25, 0.3) is 0 Å². The van der Waals surface area contributed by atoms with Crippen LogP contribution in [-0.4, -0.2) is 16.1 Å². The number of aliphatic hydroxyl groups is 1. The third-order valence-corrected chi connectivity index (χ3v) is 2.49. The van der Waals surface area contributed by atoms with Crippen molar-refractivity contribution in [2.75, 3.05) is 0 Å². The highest BCUT2D eigenvalue weighted by Gasteiger charge is 2.46. The van der Waals surface area contributed by atoms with Gasteiger partial charge in [-0.3, -0.25) is 15.2 Å². The van der Waals surface area contributed by atoms with Crippen molar-refractivity contribution in [1.29, 1.82) is 0 Å². The van der Waals surface area contributed by atoms with Gasteiger partial charge in [-0.05, 0) is 17.7 Å². The number of ether oxygens (including phenoxy) is 2. The van der Waals surface area contributed by atoms with E-state index < -0.39 is 11.0 Å². The summed E-state index contributed by atoms with van der Waals surface area (Å²) in [4.78, 5) is 9.93. The summed E-state index contributed by atoms with van der Waals surface area (Å²) in [5.41, 5.74) is 0.685. The summed E-state index contributed by atoms with van der Waals surface area (Å²) in [6.07, 6.45) is -2.92. The van der Waals surface area contributed by atoms with Crippen LogP contribution in [0.3, 0.4) is 0 Å².